The minimum absolute atomic E-state index is 0.0255. The van der Waals surface area contributed by atoms with Crippen molar-refractivity contribution in [2.45, 2.75) is 68.6 Å². The number of nitrogens with zero attached hydrogens (tertiary/aromatic N) is 1. The molecule has 3 aliphatic rings. The van der Waals surface area contributed by atoms with Gasteiger partial charge in [0.25, 0.3) is 0 Å². The maximum Gasteiger partial charge on any atom is 0.407 e. The van der Waals surface area contributed by atoms with Gasteiger partial charge in [0.05, 0.1) is 21.1 Å². The van der Waals surface area contributed by atoms with Crippen molar-refractivity contribution in [3.63, 3.8) is 0 Å². The average molecular weight is 431 g/mol. The minimum Gasteiger partial charge on any atom is -0.464 e. The number of rotatable bonds is 10. The Bertz CT molecular complexity index is 698. The Kier molecular flexibility index (Phi) is 7.74. The molecule has 1 aliphatic carbocycles. The number of amidine groups is 1. The molecule has 2 aliphatic heterocycles. The highest BCUT2D eigenvalue weighted by atomic mass is 16.5. The summed E-state index contributed by atoms with van der Waals surface area (Å²) in [5.74, 6) is 6.24. The van der Waals surface area contributed by atoms with Crippen LogP contribution in [-0.4, -0.2) is 64.2 Å². The Balaban J connectivity index is 1.45. The smallest absolute Gasteiger partial charge is 0.407 e. The fourth-order valence-electron chi connectivity index (χ4n) is 5.22. The van der Waals surface area contributed by atoms with Crippen LogP contribution in [0.4, 0.5) is 4.79 Å². The summed E-state index contributed by atoms with van der Waals surface area (Å²) in [6.07, 6.45) is 5.50. The average Bonchev–Trinajstić information content (AvgIpc) is 3.35. The number of carbonyl (C=O) groups excluding carboxylic acids is 2. The summed E-state index contributed by atoms with van der Waals surface area (Å²) in [4.78, 5) is 23.9. The van der Waals surface area contributed by atoms with Crippen LogP contribution < -0.4 is 27.7 Å². The lowest BCUT2D eigenvalue weighted by Crippen LogP contribution is -2.55. The Morgan fingerprint density at radius 1 is 1.35 bits per heavy atom. The lowest BCUT2D eigenvalue weighted by molar-refractivity contribution is -0.147. The summed E-state index contributed by atoms with van der Waals surface area (Å²) in [5, 5.41) is 9.11. The summed E-state index contributed by atoms with van der Waals surface area (Å²) in [6.45, 7) is 2.68. The first-order valence-electron chi connectivity index (χ1n) is 11.1. The molecule has 7 N–H and O–H groups in total. The van der Waals surface area contributed by atoms with E-state index < -0.39 is 17.5 Å². The van der Waals surface area contributed by atoms with E-state index >= 15 is 0 Å². The van der Waals surface area contributed by atoms with E-state index in [9.17, 15) is 9.59 Å². The number of carbonyl (C=O) groups is 2. The van der Waals surface area contributed by atoms with Crippen LogP contribution in [0.15, 0.2) is 5.10 Å². The van der Waals surface area contributed by atoms with Crippen LogP contribution in [0, 0.1) is 11.8 Å². The third-order valence-electron chi connectivity index (χ3n) is 6.83. The molecule has 10 nitrogen and oxygen atoms in total. The number of piperidine rings is 1. The Morgan fingerprint density at radius 3 is 2.90 bits per heavy atom. The molecule has 1 saturated carbocycles. The van der Waals surface area contributed by atoms with Gasteiger partial charge in [-0.25, -0.2) is 16.2 Å². The number of nitrogens with one attached hydrogen (secondary N) is 3. The van der Waals surface area contributed by atoms with Crippen LogP contribution >= 0.6 is 0 Å². The Hall–Kier alpha value is -1.94. The number of hydrogen-bond acceptors (Lipinski definition) is 8. The molecule has 169 valence electrons. The van der Waals surface area contributed by atoms with Crippen LogP contribution in [-0.2, 0) is 14.3 Å². The highest BCUT2D eigenvalue weighted by Crippen LogP contribution is 2.69. The SMILES string of the molecule is [B]C12[B]C13CCC(CC/C(N)=N/NN)CC3CC(C(=O)OCCCNC(=O)OCC)N2. The van der Waals surface area contributed by atoms with Crippen LogP contribution in [0.5, 0.6) is 0 Å². The van der Waals surface area contributed by atoms with Crippen LogP contribution in [0.25, 0.3) is 0 Å². The van der Waals surface area contributed by atoms with E-state index in [-0.39, 0.29) is 17.9 Å². The second kappa shape index (κ2) is 10.1. The molecule has 2 saturated heterocycles. The summed E-state index contributed by atoms with van der Waals surface area (Å²) < 4.78 is 10.2. The van der Waals surface area contributed by atoms with Crippen LogP contribution in [0.1, 0.15) is 51.9 Å². The summed E-state index contributed by atoms with van der Waals surface area (Å²) in [6, 6.07) is -0.424. The molecule has 5 unspecified atom stereocenters. The first-order valence-corrected chi connectivity index (χ1v) is 11.1. The topological polar surface area (TPSA) is 153 Å². The van der Waals surface area contributed by atoms with Gasteiger partial charge in [0.1, 0.15) is 19.2 Å². The molecule has 3 fully saturated rings. The Morgan fingerprint density at radius 2 is 2.16 bits per heavy atom. The van der Waals surface area contributed by atoms with Gasteiger partial charge in [-0.15, -0.1) is 0 Å². The minimum atomic E-state index is -0.597. The zero-order valence-corrected chi connectivity index (χ0v) is 18.2. The maximum atomic E-state index is 12.6. The molecule has 5 atom stereocenters. The lowest BCUT2D eigenvalue weighted by Gasteiger charge is -2.47. The van der Waals surface area contributed by atoms with E-state index in [1.807, 2.05) is 0 Å². The monoisotopic (exact) mass is 431 g/mol. The fourth-order valence-corrected chi connectivity index (χ4v) is 5.22. The van der Waals surface area contributed by atoms with Crippen molar-refractivity contribution in [2.24, 2.45) is 28.5 Å². The zero-order chi connectivity index (χ0) is 22.5. The van der Waals surface area contributed by atoms with E-state index in [2.05, 4.69) is 28.5 Å². The van der Waals surface area contributed by atoms with Crippen molar-refractivity contribution < 1.29 is 19.1 Å². The first kappa shape index (κ1) is 23.7. The molecule has 12 heteroatoms. The van der Waals surface area contributed by atoms with Gasteiger partial charge < -0.3 is 25.8 Å². The van der Waals surface area contributed by atoms with E-state index in [0.717, 1.165) is 25.7 Å². The summed E-state index contributed by atoms with van der Waals surface area (Å²) in [7, 11) is 8.75. The molecular formula is C19H33B2N6O4. The number of hydrazone groups is 1. The van der Waals surface area contributed by atoms with Crippen molar-refractivity contribution in [3.8, 4) is 0 Å². The molecule has 3 radical (unpaired) electrons. The van der Waals surface area contributed by atoms with Gasteiger partial charge in [-0.2, -0.15) is 5.10 Å². The van der Waals surface area contributed by atoms with Gasteiger partial charge in [0.15, 0.2) is 0 Å². The van der Waals surface area contributed by atoms with Gasteiger partial charge in [0.2, 0.25) is 0 Å². The third kappa shape index (κ3) is 5.46. The van der Waals surface area contributed by atoms with Gasteiger partial charge in [-0.1, -0.05) is 18.2 Å². The Labute approximate surface area is 185 Å². The fraction of sp³-hybridized carbons (Fsp3) is 0.842. The van der Waals surface area contributed by atoms with Crippen molar-refractivity contribution in [1.29, 1.82) is 0 Å². The molecule has 2 heterocycles. The number of esters is 1. The number of hydrazine groups is 1. The highest BCUT2D eigenvalue weighted by molar-refractivity contribution is 6.72. The van der Waals surface area contributed by atoms with Crippen molar-refractivity contribution >= 4 is 33.0 Å². The molecule has 31 heavy (non-hydrogen) atoms. The molecule has 1 spiro atoms. The molecular weight excluding hydrogens is 398 g/mol. The van der Waals surface area contributed by atoms with Gasteiger partial charge >= 0.3 is 12.1 Å². The van der Waals surface area contributed by atoms with E-state index in [0.29, 0.717) is 50.1 Å². The van der Waals surface area contributed by atoms with E-state index in [1.165, 1.54) is 0 Å². The van der Waals surface area contributed by atoms with Crippen molar-refractivity contribution in [3.05, 3.63) is 0 Å². The number of amides is 1. The molecule has 1 amide bonds. The second-order valence-corrected chi connectivity index (χ2v) is 8.76. The number of hydrogen-bond donors (Lipinski definition) is 5. The highest BCUT2D eigenvalue weighted by Gasteiger charge is 2.71. The van der Waals surface area contributed by atoms with Crippen LogP contribution in [0.2, 0.25) is 5.31 Å². The zero-order valence-electron chi connectivity index (χ0n) is 18.2. The lowest BCUT2D eigenvalue weighted by atomic mass is 9.60. The first-order chi connectivity index (χ1) is 14.8. The molecule has 0 bridgehead atoms. The largest absolute Gasteiger partial charge is 0.464 e. The summed E-state index contributed by atoms with van der Waals surface area (Å²) >= 11 is 0. The normalized spacial score (nSPS) is 33.9. The molecule has 0 aromatic heterocycles. The van der Waals surface area contributed by atoms with Crippen molar-refractivity contribution in [2.75, 3.05) is 19.8 Å². The predicted octanol–water partition coefficient (Wildman–Crippen LogP) is -0.341. The maximum absolute atomic E-state index is 12.6. The quantitative estimate of drug-likeness (QED) is 0.0599. The van der Waals surface area contributed by atoms with Gasteiger partial charge in [0, 0.05) is 13.0 Å². The van der Waals surface area contributed by atoms with E-state index in [4.69, 9.17) is 28.9 Å². The standard InChI is InChI=1S/C19H33B2N6O4/c1-2-30-17(29)24-8-3-9-31-16(28)14-11-13-10-12(4-5-15(22)26-27-23)6-7-18(13)19(20,21-18)25-14/h12-14,25,27H,2-11,23H2,1H3,(H2,22,26)(H,24,29). The van der Waals surface area contributed by atoms with Crippen LogP contribution in [0.3, 0.4) is 0 Å². The van der Waals surface area contributed by atoms with E-state index in [1.54, 1.807) is 6.92 Å². The number of ether oxygens (including phenoxy) is 2. The van der Waals surface area contributed by atoms with Gasteiger partial charge in [-0.3, -0.25) is 4.79 Å². The van der Waals surface area contributed by atoms with Crippen molar-refractivity contribution in [1.82, 2.24) is 16.2 Å². The number of alkyl carbamates (subject to hydrolysis) is 1. The summed E-state index contributed by atoms with van der Waals surface area (Å²) in [5.41, 5.74) is 8.06. The van der Waals surface area contributed by atoms with Gasteiger partial charge in [-0.05, 0) is 49.8 Å². The molecule has 3 rings (SSSR count). The second-order valence-electron chi connectivity index (χ2n) is 8.76. The third-order valence-corrected chi connectivity index (χ3v) is 6.83. The number of nitrogens with two attached hydrogens (primary N) is 2. The molecule has 0 aromatic carbocycles. The predicted molar refractivity (Wildman–Crippen MR) is 118 cm³/mol. The molecule has 0 aromatic rings.